The fourth-order valence-corrected chi connectivity index (χ4v) is 2.94. The van der Waals surface area contributed by atoms with Gasteiger partial charge in [-0.2, -0.15) is 5.10 Å². The Morgan fingerprint density at radius 3 is 2.76 bits per heavy atom. The van der Waals surface area contributed by atoms with Crippen LogP contribution in [-0.2, 0) is 4.74 Å². The van der Waals surface area contributed by atoms with Gasteiger partial charge < -0.3 is 4.74 Å². The molecule has 0 aliphatic heterocycles. The summed E-state index contributed by atoms with van der Waals surface area (Å²) in [5, 5.41) is 6.87. The summed E-state index contributed by atoms with van der Waals surface area (Å²) in [5.41, 5.74) is 1.78. The summed E-state index contributed by atoms with van der Waals surface area (Å²) < 4.78 is 6.41. The number of carbonyl (C=O) groups excluding carboxylic acids is 1. The summed E-state index contributed by atoms with van der Waals surface area (Å²) in [5.74, 6) is -0.474. The normalized spacial score (nSPS) is 10.6. The molecule has 2 aromatic heterocycles. The molecule has 6 heteroatoms. The van der Waals surface area contributed by atoms with Crippen molar-refractivity contribution in [3.05, 3.63) is 58.6 Å². The molecule has 3 rings (SSSR count). The number of hydrogen-bond acceptors (Lipinski definition) is 4. The Bertz CT molecular complexity index is 781. The van der Waals surface area contributed by atoms with Gasteiger partial charge in [0.2, 0.25) is 0 Å². The molecule has 0 atom stereocenters. The van der Waals surface area contributed by atoms with E-state index in [9.17, 15) is 4.79 Å². The highest BCUT2D eigenvalue weighted by molar-refractivity contribution is 7.13. The molecular weight excluding hydrogens is 308 g/mol. The summed E-state index contributed by atoms with van der Waals surface area (Å²) in [7, 11) is 1.33. The van der Waals surface area contributed by atoms with Crippen molar-refractivity contribution in [2.24, 2.45) is 0 Å². The lowest BCUT2D eigenvalue weighted by molar-refractivity contribution is 0.0593. The van der Waals surface area contributed by atoms with Crippen LogP contribution in [0.1, 0.15) is 10.5 Å². The van der Waals surface area contributed by atoms with Crippen LogP contribution in [-0.4, -0.2) is 22.9 Å². The molecule has 4 nitrogen and oxygen atoms in total. The lowest BCUT2D eigenvalue weighted by Gasteiger charge is -2.07. The van der Waals surface area contributed by atoms with Gasteiger partial charge in [0.25, 0.3) is 0 Å². The van der Waals surface area contributed by atoms with E-state index in [-0.39, 0.29) is 5.69 Å². The topological polar surface area (TPSA) is 44.1 Å². The van der Waals surface area contributed by atoms with E-state index < -0.39 is 5.97 Å². The molecule has 0 amide bonds. The molecule has 0 bridgehead atoms. The lowest BCUT2D eigenvalue weighted by Crippen LogP contribution is -2.04. The van der Waals surface area contributed by atoms with Gasteiger partial charge in [0, 0.05) is 6.07 Å². The summed E-state index contributed by atoms with van der Waals surface area (Å²) in [4.78, 5) is 12.7. The molecule has 0 spiro atoms. The maximum Gasteiger partial charge on any atom is 0.358 e. The van der Waals surface area contributed by atoms with Gasteiger partial charge in [-0.1, -0.05) is 29.8 Å². The van der Waals surface area contributed by atoms with Crippen molar-refractivity contribution in [1.82, 2.24) is 9.78 Å². The Morgan fingerprint density at radius 1 is 1.29 bits per heavy atom. The van der Waals surface area contributed by atoms with Crippen LogP contribution in [0.5, 0.6) is 0 Å². The largest absolute Gasteiger partial charge is 0.464 e. The van der Waals surface area contributed by atoms with Crippen molar-refractivity contribution in [2.75, 3.05) is 7.11 Å². The van der Waals surface area contributed by atoms with Crippen LogP contribution in [0.2, 0.25) is 5.02 Å². The summed E-state index contributed by atoms with van der Waals surface area (Å²) in [6.45, 7) is 0. The zero-order valence-corrected chi connectivity index (χ0v) is 12.7. The van der Waals surface area contributed by atoms with E-state index in [1.807, 2.05) is 35.7 Å². The molecule has 3 aromatic rings. The van der Waals surface area contributed by atoms with E-state index in [2.05, 4.69) is 5.10 Å². The third kappa shape index (κ3) is 2.57. The molecule has 0 saturated carbocycles. The Balaban J connectivity index is 2.21. The number of benzene rings is 1. The Kier molecular flexibility index (Phi) is 3.77. The fourth-order valence-electron chi connectivity index (χ4n) is 1.99. The van der Waals surface area contributed by atoms with Crippen LogP contribution >= 0.6 is 22.9 Å². The number of ether oxygens (including phenoxy) is 1. The number of halogens is 1. The Labute approximate surface area is 130 Å². The minimum atomic E-state index is -0.474. The molecule has 21 heavy (non-hydrogen) atoms. The van der Waals surface area contributed by atoms with E-state index in [0.717, 1.165) is 16.3 Å². The average Bonchev–Trinajstić information content (AvgIpc) is 3.15. The quantitative estimate of drug-likeness (QED) is 0.685. The van der Waals surface area contributed by atoms with Gasteiger partial charge in [-0.05, 0) is 23.6 Å². The molecule has 0 N–H and O–H groups in total. The predicted octanol–water partition coefficient (Wildman–Crippen LogP) is 4.04. The summed E-state index contributed by atoms with van der Waals surface area (Å²) in [6, 6.07) is 13.0. The van der Waals surface area contributed by atoms with Crippen LogP contribution in [0.4, 0.5) is 0 Å². The van der Waals surface area contributed by atoms with Crippen molar-refractivity contribution < 1.29 is 9.53 Å². The van der Waals surface area contributed by atoms with Crippen molar-refractivity contribution >= 4 is 28.9 Å². The SMILES string of the molecule is COC(=O)c1cc(-c2cccs2)n(-c2ccccc2Cl)n1. The van der Waals surface area contributed by atoms with Gasteiger partial charge in [0.05, 0.1) is 28.4 Å². The zero-order valence-electron chi connectivity index (χ0n) is 11.1. The number of esters is 1. The molecule has 0 unspecified atom stereocenters. The number of thiophene rings is 1. The second kappa shape index (κ2) is 5.71. The molecular formula is C15H11ClN2O2S. The van der Waals surface area contributed by atoms with E-state index in [1.165, 1.54) is 7.11 Å². The molecule has 0 saturated heterocycles. The van der Waals surface area contributed by atoms with Crippen LogP contribution in [0.3, 0.4) is 0 Å². The monoisotopic (exact) mass is 318 g/mol. The van der Waals surface area contributed by atoms with Gasteiger partial charge >= 0.3 is 5.97 Å². The highest BCUT2D eigenvalue weighted by Gasteiger charge is 2.18. The van der Waals surface area contributed by atoms with Crippen molar-refractivity contribution in [1.29, 1.82) is 0 Å². The van der Waals surface area contributed by atoms with Gasteiger partial charge in [0.1, 0.15) is 0 Å². The first-order valence-electron chi connectivity index (χ1n) is 6.18. The van der Waals surface area contributed by atoms with Crippen LogP contribution in [0, 0.1) is 0 Å². The molecule has 0 aliphatic rings. The summed E-state index contributed by atoms with van der Waals surface area (Å²) >= 11 is 7.81. The van der Waals surface area contributed by atoms with Crippen molar-refractivity contribution in [3.63, 3.8) is 0 Å². The Morgan fingerprint density at radius 2 is 2.10 bits per heavy atom. The van der Waals surface area contributed by atoms with Crippen molar-refractivity contribution in [3.8, 4) is 16.3 Å². The molecule has 106 valence electrons. The third-order valence-electron chi connectivity index (χ3n) is 2.96. The van der Waals surface area contributed by atoms with Gasteiger partial charge in [-0.15, -0.1) is 11.3 Å². The summed E-state index contributed by atoms with van der Waals surface area (Å²) in [6.07, 6.45) is 0. The second-order valence-electron chi connectivity index (χ2n) is 4.25. The first-order valence-corrected chi connectivity index (χ1v) is 7.43. The van der Waals surface area contributed by atoms with Crippen LogP contribution in [0.15, 0.2) is 47.8 Å². The van der Waals surface area contributed by atoms with E-state index >= 15 is 0 Å². The van der Waals surface area contributed by atoms with Crippen LogP contribution in [0.25, 0.3) is 16.3 Å². The third-order valence-corrected chi connectivity index (χ3v) is 4.17. The average molecular weight is 319 g/mol. The molecule has 1 aromatic carbocycles. The molecule has 0 radical (unpaired) electrons. The highest BCUT2D eigenvalue weighted by Crippen LogP contribution is 2.30. The smallest absolute Gasteiger partial charge is 0.358 e. The first kappa shape index (κ1) is 13.9. The fraction of sp³-hybridized carbons (Fsp3) is 0.0667. The first-order chi connectivity index (χ1) is 10.2. The number of hydrogen-bond donors (Lipinski definition) is 0. The van der Waals surface area contributed by atoms with E-state index in [1.54, 1.807) is 28.2 Å². The van der Waals surface area contributed by atoms with Gasteiger partial charge in [0.15, 0.2) is 5.69 Å². The van der Waals surface area contributed by atoms with Crippen LogP contribution < -0.4 is 0 Å². The number of rotatable bonds is 3. The lowest BCUT2D eigenvalue weighted by atomic mass is 10.3. The number of nitrogens with zero attached hydrogens (tertiary/aromatic N) is 2. The molecule has 0 fully saturated rings. The van der Waals surface area contributed by atoms with E-state index in [0.29, 0.717) is 5.02 Å². The van der Waals surface area contributed by atoms with Gasteiger partial charge in [-0.25, -0.2) is 9.48 Å². The minimum Gasteiger partial charge on any atom is -0.464 e. The second-order valence-corrected chi connectivity index (χ2v) is 5.60. The highest BCUT2D eigenvalue weighted by atomic mass is 35.5. The maximum atomic E-state index is 11.7. The molecule has 2 heterocycles. The number of methoxy groups -OCH3 is 1. The standard InChI is InChI=1S/C15H11ClN2O2S/c1-20-15(19)11-9-13(14-7-4-8-21-14)18(17-11)12-6-3-2-5-10(12)16/h2-9H,1H3. The zero-order chi connectivity index (χ0) is 14.8. The molecule has 0 aliphatic carbocycles. The van der Waals surface area contributed by atoms with E-state index in [4.69, 9.17) is 16.3 Å². The number of carbonyl (C=O) groups is 1. The predicted molar refractivity (Wildman–Crippen MR) is 83.2 cm³/mol. The Hall–Kier alpha value is -2.11. The van der Waals surface area contributed by atoms with Crippen molar-refractivity contribution in [2.45, 2.75) is 0 Å². The maximum absolute atomic E-state index is 11.7. The minimum absolute atomic E-state index is 0.251. The number of aromatic nitrogens is 2. The van der Waals surface area contributed by atoms with Gasteiger partial charge in [-0.3, -0.25) is 0 Å². The number of para-hydroxylation sites is 1.